The van der Waals surface area contributed by atoms with Crippen molar-refractivity contribution in [2.45, 2.75) is 33.1 Å². The SMILES string of the molecule is C=C(/C=C/c1c(F)cccc1F)/C=C(\C=C/C)c1cc(C(=C)CCCC)c[nH]1. The van der Waals surface area contributed by atoms with E-state index < -0.39 is 11.6 Å². The molecule has 0 saturated heterocycles. The van der Waals surface area contributed by atoms with Gasteiger partial charge in [-0.15, -0.1) is 0 Å². The molecule has 0 unspecified atom stereocenters. The van der Waals surface area contributed by atoms with Crippen molar-refractivity contribution in [2.24, 2.45) is 0 Å². The number of H-pyrrole nitrogens is 1. The molecule has 0 fully saturated rings. The predicted octanol–water partition coefficient (Wildman–Crippen LogP) is 7.73. The summed E-state index contributed by atoms with van der Waals surface area (Å²) in [6.07, 6.45) is 14.0. The van der Waals surface area contributed by atoms with E-state index in [2.05, 4.69) is 31.1 Å². The maximum atomic E-state index is 13.8. The van der Waals surface area contributed by atoms with Crippen LogP contribution in [-0.4, -0.2) is 4.98 Å². The first-order valence-electron chi connectivity index (χ1n) is 9.48. The van der Waals surface area contributed by atoms with E-state index in [9.17, 15) is 8.78 Å². The standard InChI is InChI=1S/C25H27F2N/c1-5-7-10-19(4)21-16-25(28-17-21)20(9-6-2)15-18(3)13-14-22-23(26)11-8-12-24(22)27/h6,8-9,11-17,28H,3-5,7,10H2,1-2H3/b9-6-,14-13+,20-15+. The zero-order valence-electron chi connectivity index (χ0n) is 16.6. The Morgan fingerprint density at radius 1 is 1.14 bits per heavy atom. The van der Waals surface area contributed by atoms with E-state index in [-0.39, 0.29) is 5.56 Å². The normalized spacial score (nSPS) is 12.2. The van der Waals surface area contributed by atoms with Crippen LogP contribution in [0.4, 0.5) is 8.78 Å². The molecule has 2 aromatic rings. The van der Waals surface area contributed by atoms with Gasteiger partial charge in [0, 0.05) is 17.5 Å². The van der Waals surface area contributed by atoms with Crippen molar-refractivity contribution < 1.29 is 8.78 Å². The lowest BCUT2D eigenvalue weighted by molar-refractivity contribution is 0.579. The Kier molecular flexibility index (Phi) is 7.94. The summed E-state index contributed by atoms with van der Waals surface area (Å²) in [4.78, 5) is 3.28. The lowest BCUT2D eigenvalue weighted by atomic mass is 10.0. The minimum Gasteiger partial charge on any atom is -0.361 e. The van der Waals surface area contributed by atoms with Gasteiger partial charge in [-0.25, -0.2) is 8.78 Å². The van der Waals surface area contributed by atoms with Gasteiger partial charge < -0.3 is 4.98 Å². The summed E-state index contributed by atoms with van der Waals surface area (Å²) in [5, 5.41) is 0. The van der Waals surface area contributed by atoms with Gasteiger partial charge in [0.1, 0.15) is 11.6 Å². The number of allylic oxidation sites excluding steroid dienone is 7. The molecule has 2 rings (SSSR count). The zero-order valence-corrected chi connectivity index (χ0v) is 16.6. The van der Waals surface area contributed by atoms with E-state index in [1.807, 2.05) is 31.3 Å². The molecule has 1 aromatic heterocycles. The Balaban J connectivity index is 2.22. The van der Waals surface area contributed by atoms with Crippen LogP contribution in [0.25, 0.3) is 17.2 Å². The van der Waals surface area contributed by atoms with Crippen molar-refractivity contribution in [3.63, 3.8) is 0 Å². The third-order valence-electron chi connectivity index (χ3n) is 4.39. The van der Waals surface area contributed by atoms with Crippen molar-refractivity contribution in [3.05, 3.63) is 102 Å². The fourth-order valence-corrected chi connectivity index (χ4v) is 2.80. The maximum absolute atomic E-state index is 13.8. The molecule has 28 heavy (non-hydrogen) atoms. The molecule has 0 bridgehead atoms. The smallest absolute Gasteiger partial charge is 0.133 e. The third-order valence-corrected chi connectivity index (χ3v) is 4.39. The minimum absolute atomic E-state index is 0.0704. The fraction of sp³-hybridized carbons (Fsp3) is 0.200. The monoisotopic (exact) mass is 379 g/mol. The topological polar surface area (TPSA) is 15.8 Å². The van der Waals surface area contributed by atoms with Gasteiger partial charge in [-0.3, -0.25) is 0 Å². The van der Waals surface area contributed by atoms with E-state index in [1.165, 1.54) is 24.3 Å². The first-order valence-corrected chi connectivity index (χ1v) is 9.48. The molecule has 0 atom stereocenters. The zero-order chi connectivity index (χ0) is 20.5. The Bertz CT molecular complexity index is 906. The highest BCUT2D eigenvalue weighted by atomic mass is 19.1. The molecule has 0 aliphatic heterocycles. The van der Waals surface area contributed by atoms with Crippen molar-refractivity contribution in [1.29, 1.82) is 0 Å². The van der Waals surface area contributed by atoms with Crippen molar-refractivity contribution in [1.82, 2.24) is 4.98 Å². The van der Waals surface area contributed by atoms with Gasteiger partial charge in [-0.05, 0) is 72.4 Å². The molecule has 0 spiro atoms. The summed E-state index contributed by atoms with van der Waals surface area (Å²) in [5.41, 5.74) is 4.64. The molecule has 0 radical (unpaired) electrons. The number of aromatic nitrogens is 1. The lowest BCUT2D eigenvalue weighted by Gasteiger charge is -2.02. The summed E-state index contributed by atoms with van der Waals surface area (Å²) in [6, 6.07) is 5.88. The molecule has 3 heteroatoms. The molecular formula is C25H27F2N. The number of halogens is 2. The minimum atomic E-state index is -0.596. The maximum Gasteiger partial charge on any atom is 0.133 e. The first kappa shape index (κ1) is 21.4. The van der Waals surface area contributed by atoms with Gasteiger partial charge in [0.25, 0.3) is 0 Å². The molecule has 0 aliphatic carbocycles. The highest BCUT2D eigenvalue weighted by Crippen LogP contribution is 2.25. The Morgan fingerprint density at radius 3 is 2.50 bits per heavy atom. The van der Waals surface area contributed by atoms with Gasteiger partial charge >= 0.3 is 0 Å². The van der Waals surface area contributed by atoms with E-state index in [0.717, 1.165) is 41.7 Å². The van der Waals surface area contributed by atoms with Gasteiger partial charge in [0.05, 0.1) is 0 Å². The molecule has 1 aromatic carbocycles. The molecule has 0 aliphatic rings. The quantitative estimate of drug-likeness (QED) is 0.429. The molecule has 146 valence electrons. The van der Waals surface area contributed by atoms with E-state index >= 15 is 0 Å². The van der Waals surface area contributed by atoms with Gasteiger partial charge in [0.15, 0.2) is 0 Å². The van der Waals surface area contributed by atoms with Crippen LogP contribution >= 0.6 is 0 Å². The summed E-state index contributed by atoms with van der Waals surface area (Å²) < 4.78 is 27.5. The van der Waals surface area contributed by atoms with E-state index in [1.54, 1.807) is 6.08 Å². The van der Waals surface area contributed by atoms with Crippen LogP contribution in [0.15, 0.2) is 73.5 Å². The summed E-state index contributed by atoms with van der Waals surface area (Å²) in [6.45, 7) is 12.2. The Morgan fingerprint density at radius 2 is 1.86 bits per heavy atom. The third kappa shape index (κ3) is 5.78. The molecular weight excluding hydrogens is 352 g/mol. The molecule has 1 N–H and O–H groups in total. The van der Waals surface area contributed by atoms with Crippen LogP contribution < -0.4 is 0 Å². The van der Waals surface area contributed by atoms with Crippen LogP contribution in [0.3, 0.4) is 0 Å². The van der Waals surface area contributed by atoms with E-state index in [0.29, 0.717) is 5.57 Å². The predicted molar refractivity (Wildman–Crippen MR) is 117 cm³/mol. The van der Waals surface area contributed by atoms with Crippen molar-refractivity contribution in [2.75, 3.05) is 0 Å². The molecule has 0 saturated carbocycles. The van der Waals surface area contributed by atoms with E-state index in [4.69, 9.17) is 0 Å². The van der Waals surface area contributed by atoms with Crippen LogP contribution in [0.5, 0.6) is 0 Å². The van der Waals surface area contributed by atoms with Crippen LogP contribution in [0, 0.1) is 11.6 Å². The Hall–Kier alpha value is -2.94. The van der Waals surface area contributed by atoms with Gasteiger partial charge in [0.2, 0.25) is 0 Å². The second-order valence-corrected chi connectivity index (χ2v) is 6.65. The molecule has 1 nitrogen and oxygen atoms in total. The molecule has 1 heterocycles. The van der Waals surface area contributed by atoms with Crippen LogP contribution in [0.2, 0.25) is 0 Å². The number of aromatic amines is 1. The highest BCUT2D eigenvalue weighted by Gasteiger charge is 2.07. The number of hydrogen-bond acceptors (Lipinski definition) is 0. The summed E-state index contributed by atoms with van der Waals surface area (Å²) >= 11 is 0. The van der Waals surface area contributed by atoms with Crippen molar-refractivity contribution >= 4 is 17.2 Å². The largest absolute Gasteiger partial charge is 0.361 e. The summed E-state index contributed by atoms with van der Waals surface area (Å²) in [7, 11) is 0. The van der Waals surface area contributed by atoms with Gasteiger partial charge in [-0.1, -0.05) is 50.8 Å². The highest BCUT2D eigenvalue weighted by molar-refractivity contribution is 5.78. The fourth-order valence-electron chi connectivity index (χ4n) is 2.80. The van der Waals surface area contributed by atoms with Crippen molar-refractivity contribution in [3.8, 4) is 0 Å². The summed E-state index contributed by atoms with van der Waals surface area (Å²) in [5.74, 6) is -1.19. The second-order valence-electron chi connectivity index (χ2n) is 6.65. The Labute approximate surface area is 166 Å². The van der Waals surface area contributed by atoms with Gasteiger partial charge in [-0.2, -0.15) is 0 Å². The number of rotatable bonds is 9. The van der Waals surface area contributed by atoms with Crippen LogP contribution in [-0.2, 0) is 0 Å². The number of nitrogens with one attached hydrogen (secondary N) is 1. The molecule has 0 amide bonds. The second kappa shape index (κ2) is 10.4. The number of benzene rings is 1. The van der Waals surface area contributed by atoms with Crippen LogP contribution in [0.1, 0.15) is 49.9 Å². The first-order chi connectivity index (χ1) is 13.5. The number of unbranched alkanes of at least 4 members (excludes halogenated alkanes) is 1. The average Bonchev–Trinajstić information content (AvgIpc) is 3.15. The number of hydrogen-bond donors (Lipinski definition) is 1. The average molecular weight is 379 g/mol. The lowest BCUT2D eigenvalue weighted by Crippen LogP contribution is -1.87.